The summed E-state index contributed by atoms with van der Waals surface area (Å²) in [5.74, 6) is -1.54. The predicted molar refractivity (Wildman–Crippen MR) is 123 cm³/mol. The Kier molecular flexibility index (Phi) is 6.80. The minimum Gasteiger partial charge on any atom is -0.312 e. The molecule has 2 aromatic carbocycles. The highest BCUT2D eigenvalue weighted by molar-refractivity contribution is 7.90. The molecule has 11 heteroatoms. The molecule has 33 heavy (non-hydrogen) atoms. The second kappa shape index (κ2) is 9.75. The zero-order valence-corrected chi connectivity index (χ0v) is 19.1. The van der Waals surface area contributed by atoms with E-state index >= 15 is 0 Å². The van der Waals surface area contributed by atoms with Gasteiger partial charge in [-0.25, -0.2) is 12.8 Å². The minimum absolute atomic E-state index is 0.101. The van der Waals surface area contributed by atoms with Gasteiger partial charge in [-0.3, -0.25) is 9.59 Å². The van der Waals surface area contributed by atoms with Crippen LogP contribution in [0.1, 0.15) is 29.3 Å². The number of nitrogens with one attached hydrogen (secondary N) is 1. The SMILES string of the molecule is O=C(CCS(=O)(=O)Cc1ccccc1)Nc1nnc(C2CC(=O)N(c3ccc(F)cc3)C2)s1. The number of benzene rings is 2. The summed E-state index contributed by atoms with van der Waals surface area (Å²) in [6.07, 6.45) is 0.0437. The van der Waals surface area contributed by atoms with E-state index in [1.54, 1.807) is 41.3 Å². The van der Waals surface area contributed by atoms with Crippen LogP contribution in [-0.2, 0) is 25.2 Å². The van der Waals surface area contributed by atoms with Crippen LogP contribution < -0.4 is 10.2 Å². The van der Waals surface area contributed by atoms with Crippen LogP contribution in [-0.4, -0.2) is 42.7 Å². The first kappa shape index (κ1) is 23.0. The largest absolute Gasteiger partial charge is 0.312 e. The molecule has 1 aliphatic rings. The first-order valence-corrected chi connectivity index (χ1v) is 12.9. The molecule has 1 aromatic heterocycles. The third kappa shape index (κ3) is 5.99. The Balaban J connectivity index is 1.31. The standard InChI is InChI=1S/C22H21FN4O4S2/c23-17-6-8-18(9-7-17)27-13-16(12-20(27)29)21-25-26-22(32-21)24-19(28)10-11-33(30,31)14-15-4-2-1-3-5-15/h1-9,16H,10-14H2,(H,24,26,28). The predicted octanol–water partition coefficient (Wildman–Crippen LogP) is 3.14. The Hall–Kier alpha value is -3.18. The van der Waals surface area contributed by atoms with E-state index in [-0.39, 0.29) is 47.1 Å². The number of anilines is 2. The first-order chi connectivity index (χ1) is 15.8. The highest BCUT2D eigenvalue weighted by Gasteiger charge is 2.34. The molecule has 0 spiro atoms. The third-order valence-corrected chi connectivity index (χ3v) is 7.77. The number of aromatic nitrogens is 2. The number of sulfone groups is 1. The van der Waals surface area contributed by atoms with Crippen LogP contribution in [0.2, 0.25) is 0 Å². The second-order valence-electron chi connectivity index (χ2n) is 7.70. The van der Waals surface area contributed by atoms with Crippen LogP contribution in [0.25, 0.3) is 0 Å². The van der Waals surface area contributed by atoms with Crippen molar-refractivity contribution < 1.29 is 22.4 Å². The number of hydrogen-bond donors (Lipinski definition) is 1. The normalized spacial score (nSPS) is 16.2. The van der Waals surface area contributed by atoms with Gasteiger partial charge in [-0.15, -0.1) is 10.2 Å². The number of amides is 2. The Labute approximate surface area is 194 Å². The third-order valence-electron chi connectivity index (χ3n) is 5.17. The van der Waals surface area contributed by atoms with Gasteiger partial charge >= 0.3 is 0 Å². The van der Waals surface area contributed by atoms with E-state index < -0.39 is 15.7 Å². The van der Waals surface area contributed by atoms with Gasteiger partial charge in [0, 0.05) is 31.0 Å². The van der Waals surface area contributed by atoms with Gasteiger partial charge in [0.2, 0.25) is 16.9 Å². The molecule has 0 bridgehead atoms. The number of hydrogen-bond acceptors (Lipinski definition) is 7. The maximum Gasteiger partial charge on any atom is 0.227 e. The van der Waals surface area contributed by atoms with Crippen molar-refractivity contribution in [1.82, 2.24) is 10.2 Å². The van der Waals surface area contributed by atoms with Gasteiger partial charge in [0.05, 0.1) is 11.5 Å². The topological polar surface area (TPSA) is 109 Å². The van der Waals surface area contributed by atoms with E-state index in [0.29, 0.717) is 22.8 Å². The Bertz CT molecular complexity index is 1250. The molecule has 1 atom stereocenters. The van der Waals surface area contributed by atoms with Crippen molar-refractivity contribution >= 4 is 43.8 Å². The molecule has 2 amide bonds. The average Bonchev–Trinajstić information content (AvgIpc) is 3.40. The molecule has 1 unspecified atom stereocenters. The summed E-state index contributed by atoms with van der Waals surface area (Å²) in [7, 11) is -3.43. The highest BCUT2D eigenvalue weighted by Crippen LogP contribution is 2.34. The van der Waals surface area contributed by atoms with E-state index in [9.17, 15) is 22.4 Å². The van der Waals surface area contributed by atoms with Gasteiger partial charge in [-0.1, -0.05) is 41.7 Å². The lowest BCUT2D eigenvalue weighted by Crippen LogP contribution is -2.24. The number of halogens is 1. The van der Waals surface area contributed by atoms with Crippen molar-refractivity contribution in [2.45, 2.75) is 24.5 Å². The Morgan fingerprint density at radius 2 is 1.85 bits per heavy atom. The lowest BCUT2D eigenvalue weighted by molar-refractivity contribution is -0.117. The lowest BCUT2D eigenvalue weighted by Gasteiger charge is -2.16. The van der Waals surface area contributed by atoms with E-state index in [2.05, 4.69) is 15.5 Å². The van der Waals surface area contributed by atoms with Crippen LogP contribution in [0.3, 0.4) is 0 Å². The summed E-state index contributed by atoms with van der Waals surface area (Å²) in [5, 5.41) is 11.5. The molecule has 0 saturated carbocycles. The van der Waals surface area contributed by atoms with Crippen LogP contribution in [0.4, 0.5) is 15.2 Å². The Morgan fingerprint density at radius 1 is 1.12 bits per heavy atom. The molecule has 1 N–H and O–H groups in total. The van der Waals surface area contributed by atoms with Crippen molar-refractivity contribution in [3.05, 3.63) is 71.0 Å². The number of rotatable bonds is 8. The van der Waals surface area contributed by atoms with Crippen molar-refractivity contribution in [3.8, 4) is 0 Å². The number of carbonyl (C=O) groups is 2. The molecule has 0 aliphatic carbocycles. The molecule has 1 aliphatic heterocycles. The molecule has 2 heterocycles. The first-order valence-electron chi connectivity index (χ1n) is 10.2. The molecule has 4 rings (SSSR count). The maximum atomic E-state index is 13.1. The molecular weight excluding hydrogens is 467 g/mol. The summed E-state index contributed by atoms with van der Waals surface area (Å²) < 4.78 is 37.7. The average molecular weight is 489 g/mol. The van der Waals surface area contributed by atoms with Crippen LogP contribution in [0.5, 0.6) is 0 Å². The molecule has 1 fully saturated rings. The van der Waals surface area contributed by atoms with Crippen molar-refractivity contribution in [1.29, 1.82) is 0 Å². The van der Waals surface area contributed by atoms with Crippen molar-refractivity contribution in [3.63, 3.8) is 0 Å². The summed E-state index contributed by atoms with van der Waals surface area (Å²) in [4.78, 5) is 26.2. The van der Waals surface area contributed by atoms with E-state index in [1.807, 2.05) is 6.07 Å². The monoisotopic (exact) mass is 488 g/mol. The van der Waals surface area contributed by atoms with Gasteiger partial charge in [0.1, 0.15) is 10.8 Å². The zero-order chi connectivity index (χ0) is 23.4. The van der Waals surface area contributed by atoms with Gasteiger partial charge in [0.15, 0.2) is 9.84 Å². The molecule has 0 radical (unpaired) electrons. The molecule has 8 nitrogen and oxygen atoms in total. The maximum absolute atomic E-state index is 13.1. The van der Waals surface area contributed by atoms with E-state index in [1.165, 1.54) is 12.1 Å². The van der Waals surface area contributed by atoms with Gasteiger partial charge in [-0.2, -0.15) is 0 Å². The van der Waals surface area contributed by atoms with Gasteiger partial charge < -0.3 is 10.2 Å². The molecule has 3 aromatic rings. The van der Waals surface area contributed by atoms with Crippen LogP contribution in [0, 0.1) is 5.82 Å². The summed E-state index contributed by atoms with van der Waals surface area (Å²) in [6.45, 7) is 0.380. The smallest absolute Gasteiger partial charge is 0.227 e. The zero-order valence-electron chi connectivity index (χ0n) is 17.5. The van der Waals surface area contributed by atoms with Crippen LogP contribution in [0.15, 0.2) is 54.6 Å². The fraction of sp³-hybridized carbons (Fsp3) is 0.273. The molecule has 172 valence electrons. The van der Waals surface area contributed by atoms with Crippen molar-refractivity contribution in [2.75, 3.05) is 22.5 Å². The fourth-order valence-electron chi connectivity index (χ4n) is 3.52. The summed E-state index contributed by atoms with van der Waals surface area (Å²) in [6, 6.07) is 14.5. The van der Waals surface area contributed by atoms with Crippen molar-refractivity contribution in [2.24, 2.45) is 0 Å². The van der Waals surface area contributed by atoms with E-state index in [4.69, 9.17) is 0 Å². The molecule has 1 saturated heterocycles. The quantitative estimate of drug-likeness (QED) is 0.522. The highest BCUT2D eigenvalue weighted by atomic mass is 32.2. The Morgan fingerprint density at radius 3 is 2.58 bits per heavy atom. The number of carbonyl (C=O) groups excluding carboxylic acids is 2. The lowest BCUT2D eigenvalue weighted by atomic mass is 10.1. The summed E-state index contributed by atoms with van der Waals surface area (Å²) >= 11 is 1.15. The number of nitrogens with zero attached hydrogens (tertiary/aromatic N) is 3. The second-order valence-corrected chi connectivity index (χ2v) is 10.9. The van der Waals surface area contributed by atoms with Gasteiger partial charge in [-0.05, 0) is 29.8 Å². The fourth-order valence-corrected chi connectivity index (χ4v) is 5.72. The minimum atomic E-state index is -3.43. The summed E-state index contributed by atoms with van der Waals surface area (Å²) in [5.41, 5.74) is 1.28. The molecular formula is C22H21FN4O4S2. The van der Waals surface area contributed by atoms with E-state index in [0.717, 1.165) is 11.3 Å². The van der Waals surface area contributed by atoms with Gasteiger partial charge in [0.25, 0.3) is 0 Å². The van der Waals surface area contributed by atoms with Crippen LogP contribution >= 0.6 is 11.3 Å².